The molecule has 0 aromatic rings. The number of piperidine rings is 1. The van der Waals surface area contributed by atoms with Gasteiger partial charge in [0, 0.05) is 13.1 Å². The highest BCUT2D eigenvalue weighted by molar-refractivity contribution is 5.87. The van der Waals surface area contributed by atoms with Gasteiger partial charge < -0.3 is 20.9 Å². The summed E-state index contributed by atoms with van der Waals surface area (Å²) in [6.45, 7) is 5.81. The summed E-state index contributed by atoms with van der Waals surface area (Å²) >= 11 is 0. The summed E-state index contributed by atoms with van der Waals surface area (Å²) in [6.07, 6.45) is 1.97. The van der Waals surface area contributed by atoms with E-state index in [-0.39, 0.29) is 30.3 Å². The van der Waals surface area contributed by atoms with Gasteiger partial charge in [-0.3, -0.25) is 9.59 Å². The molecule has 1 atom stereocenters. The molecule has 1 rings (SSSR count). The fourth-order valence-electron chi connectivity index (χ4n) is 2.29. The fourth-order valence-corrected chi connectivity index (χ4v) is 2.29. The standard InChI is InChI=1S/C14H28N4O2/c1-10(2)13(15)14(20)16-9-12(19)18(4)11-5-7-17(3)8-6-11/h10-11,13H,5-9,15H2,1-4H3,(H,16,20)/t13-/m0/s1. The minimum Gasteiger partial charge on any atom is -0.346 e. The van der Waals surface area contributed by atoms with E-state index in [1.165, 1.54) is 0 Å². The highest BCUT2D eigenvalue weighted by Gasteiger charge is 2.24. The molecule has 6 nitrogen and oxygen atoms in total. The lowest BCUT2D eigenvalue weighted by molar-refractivity contribution is -0.134. The molecule has 0 aromatic carbocycles. The van der Waals surface area contributed by atoms with Gasteiger partial charge in [-0.15, -0.1) is 0 Å². The van der Waals surface area contributed by atoms with Crippen LogP contribution in [0.4, 0.5) is 0 Å². The molecule has 0 radical (unpaired) electrons. The quantitative estimate of drug-likeness (QED) is 0.722. The second kappa shape index (κ2) is 7.59. The fraction of sp³-hybridized carbons (Fsp3) is 0.857. The second-order valence-corrected chi connectivity index (χ2v) is 6.03. The third-order valence-electron chi connectivity index (χ3n) is 4.06. The van der Waals surface area contributed by atoms with Gasteiger partial charge in [-0.1, -0.05) is 13.8 Å². The van der Waals surface area contributed by atoms with Crippen LogP contribution in [-0.2, 0) is 9.59 Å². The maximum absolute atomic E-state index is 12.1. The number of carbonyl (C=O) groups is 2. The van der Waals surface area contributed by atoms with Crippen molar-refractivity contribution >= 4 is 11.8 Å². The average molecular weight is 284 g/mol. The summed E-state index contributed by atoms with van der Waals surface area (Å²) in [5.41, 5.74) is 5.74. The average Bonchev–Trinajstić information content (AvgIpc) is 2.43. The normalized spacial score (nSPS) is 18.9. The number of nitrogens with one attached hydrogen (secondary N) is 1. The molecule has 0 bridgehead atoms. The van der Waals surface area contributed by atoms with Crippen molar-refractivity contribution in [1.29, 1.82) is 0 Å². The monoisotopic (exact) mass is 284 g/mol. The number of likely N-dealkylation sites (N-methyl/N-ethyl adjacent to an activating group) is 1. The zero-order chi connectivity index (χ0) is 15.3. The minimum atomic E-state index is -0.559. The van der Waals surface area contributed by atoms with Gasteiger partial charge in [0.25, 0.3) is 0 Å². The van der Waals surface area contributed by atoms with E-state index in [1.54, 1.807) is 4.90 Å². The highest BCUT2D eigenvalue weighted by atomic mass is 16.2. The number of nitrogens with zero attached hydrogens (tertiary/aromatic N) is 2. The molecular weight excluding hydrogens is 256 g/mol. The third-order valence-corrected chi connectivity index (χ3v) is 4.06. The van der Waals surface area contributed by atoms with Crippen LogP contribution in [0.25, 0.3) is 0 Å². The molecule has 0 unspecified atom stereocenters. The molecule has 0 aliphatic carbocycles. The molecule has 0 aromatic heterocycles. The van der Waals surface area contributed by atoms with Crippen LogP contribution < -0.4 is 11.1 Å². The topological polar surface area (TPSA) is 78.7 Å². The van der Waals surface area contributed by atoms with Crippen molar-refractivity contribution in [2.75, 3.05) is 33.7 Å². The van der Waals surface area contributed by atoms with Crippen molar-refractivity contribution in [2.24, 2.45) is 11.7 Å². The van der Waals surface area contributed by atoms with Crippen LogP contribution in [0.15, 0.2) is 0 Å². The predicted molar refractivity (Wildman–Crippen MR) is 79.1 cm³/mol. The Morgan fingerprint density at radius 2 is 1.90 bits per heavy atom. The van der Waals surface area contributed by atoms with Crippen LogP contribution in [-0.4, -0.2) is 67.4 Å². The Kier molecular flexibility index (Phi) is 6.42. The highest BCUT2D eigenvalue weighted by Crippen LogP contribution is 2.13. The largest absolute Gasteiger partial charge is 0.346 e. The van der Waals surface area contributed by atoms with Crippen molar-refractivity contribution in [3.05, 3.63) is 0 Å². The molecule has 6 heteroatoms. The molecule has 1 aliphatic heterocycles. The second-order valence-electron chi connectivity index (χ2n) is 6.03. The summed E-state index contributed by atoms with van der Waals surface area (Å²) in [5.74, 6) is -0.245. The first-order chi connectivity index (χ1) is 9.32. The third kappa shape index (κ3) is 4.76. The van der Waals surface area contributed by atoms with Crippen LogP contribution in [0.1, 0.15) is 26.7 Å². The van der Waals surface area contributed by atoms with E-state index < -0.39 is 6.04 Å². The molecule has 0 spiro atoms. The first-order valence-corrected chi connectivity index (χ1v) is 7.30. The molecule has 1 aliphatic rings. The Morgan fingerprint density at radius 3 is 2.40 bits per heavy atom. The Hall–Kier alpha value is -1.14. The van der Waals surface area contributed by atoms with E-state index in [4.69, 9.17) is 5.73 Å². The van der Waals surface area contributed by atoms with E-state index in [9.17, 15) is 9.59 Å². The lowest BCUT2D eigenvalue weighted by Gasteiger charge is -2.35. The zero-order valence-corrected chi connectivity index (χ0v) is 13.1. The van der Waals surface area contributed by atoms with E-state index in [0.29, 0.717) is 0 Å². The molecule has 0 saturated carbocycles. The van der Waals surface area contributed by atoms with Gasteiger partial charge in [-0.05, 0) is 38.9 Å². The van der Waals surface area contributed by atoms with Crippen molar-refractivity contribution in [1.82, 2.24) is 15.1 Å². The van der Waals surface area contributed by atoms with Gasteiger partial charge >= 0.3 is 0 Å². The van der Waals surface area contributed by atoms with Crippen LogP contribution in [0.3, 0.4) is 0 Å². The van der Waals surface area contributed by atoms with Gasteiger partial charge in [0.15, 0.2) is 0 Å². The van der Waals surface area contributed by atoms with Crippen LogP contribution in [0.2, 0.25) is 0 Å². The summed E-state index contributed by atoms with van der Waals surface area (Å²) in [7, 11) is 3.90. The van der Waals surface area contributed by atoms with Crippen LogP contribution >= 0.6 is 0 Å². The van der Waals surface area contributed by atoms with Gasteiger partial charge in [-0.25, -0.2) is 0 Å². The van der Waals surface area contributed by atoms with Crippen molar-refractivity contribution in [3.8, 4) is 0 Å². The summed E-state index contributed by atoms with van der Waals surface area (Å²) < 4.78 is 0. The van der Waals surface area contributed by atoms with E-state index in [0.717, 1.165) is 25.9 Å². The van der Waals surface area contributed by atoms with Crippen LogP contribution in [0, 0.1) is 5.92 Å². The van der Waals surface area contributed by atoms with Crippen LogP contribution in [0.5, 0.6) is 0 Å². The van der Waals surface area contributed by atoms with Gasteiger partial charge in [-0.2, -0.15) is 0 Å². The number of hydrogen-bond donors (Lipinski definition) is 2. The maximum Gasteiger partial charge on any atom is 0.241 e. The molecule has 1 heterocycles. The number of hydrogen-bond acceptors (Lipinski definition) is 4. The zero-order valence-electron chi connectivity index (χ0n) is 13.1. The number of likely N-dealkylation sites (tertiary alicyclic amines) is 1. The lowest BCUT2D eigenvalue weighted by atomic mass is 10.0. The maximum atomic E-state index is 12.1. The van der Waals surface area contributed by atoms with Crippen molar-refractivity contribution < 1.29 is 9.59 Å². The van der Waals surface area contributed by atoms with Gasteiger partial charge in [0.05, 0.1) is 12.6 Å². The van der Waals surface area contributed by atoms with E-state index >= 15 is 0 Å². The molecule has 20 heavy (non-hydrogen) atoms. The number of amides is 2. The summed E-state index contributed by atoms with van der Waals surface area (Å²) in [5, 5.41) is 2.63. The molecule has 116 valence electrons. The lowest BCUT2D eigenvalue weighted by Crippen LogP contribution is -2.50. The Morgan fingerprint density at radius 1 is 1.35 bits per heavy atom. The molecule has 2 amide bonds. The number of nitrogens with two attached hydrogens (primary N) is 1. The summed E-state index contributed by atoms with van der Waals surface area (Å²) in [6, 6.07) is -0.286. The molecule has 1 saturated heterocycles. The minimum absolute atomic E-state index is 0.0299. The Bertz CT molecular complexity index is 338. The molecular formula is C14H28N4O2. The smallest absolute Gasteiger partial charge is 0.241 e. The molecule has 3 N–H and O–H groups in total. The predicted octanol–water partition coefficient (Wildman–Crippen LogP) is -0.361. The Labute approximate surface area is 121 Å². The van der Waals surface area contributed by atoms with E-state index in [1.807, 2.05) is 20.9 Å². The molecule has 1 fully saturated rings. The van der Waals surface area contributed by atoms with Gasteiger partial charge in [0.1, 0.15) is 0 Å². The number of carbonyl (C=O) groups excluding carboxylic acids is 2. The Balaban J connectivity index is 2.37. The first-order valence-electron chi connectivity index (χ1n) is 7.30. The van der Waals surface area contributed by atoms with Gasteiger partial charge in [0.2, 0.25) is 11.8 Å². The summed E-state index contributed by atoms with van der Waals surface area (Å²) in [4.78, 5) is 27.8. The van der Waals surface area contributed by atoms with Crippen molar-refractivity contribution in [3.63, 3.8) is 0 Å². The van der Waals surface area contributed by atoms with Crippen molar-refractivity contribution in [2.45, 2.75) is 38.8 Å². The van der Waals surface area contributed by atoms with E-state index in [2.05, 4.69) is 17.3 Å². The SMILES string of the molecule is CC(C)[C@H](N)C(=O)NCC(=O)N(C)C1CCN(C)CC1. The number of rotatable bonds is 5. The first kappa shape index (κ1) is 16.9.